The molecule has 28 heavy (non-hydrogen) atoms. The van der Waals surface area contributed by atoms with Crippen LogP contribution < -0.4 is 10.6 Å². The number of carbonyl (C=O) groups excluding carboxylic acids is 1. The third-order valence-electron chi connectivity index (χ3n) is 4.87. The molecule has 0 aliphatic carbocycles. The molecule has 0 spiro atoms. The van der Waals surface area contributed by atoms with E-state index in [-0.39, 0.29) is 12.3 Å². The molecule has 3 N–H and O–H groups in total. The first-order valence-electron chi connectivity index (χ1n) is 9.38. The van der Waals surface area contributed by atoms with Gasteiger partial charge in [-0.05, 0) is 43.4 Å². The summed E-state index contributed by atoms with van der Waals surface area (Å²) in [5, 5.41) is 15.6. The predicted molar refractivity (Wildman–Crippen MR) is 110 cm³/mol. The summed E-state index contributed by atoms with van der Waals surface area (Å²) in [6, 6.07) is 16.4. The Labute approximate surface area is 165 Å². The average Bonchev–Trinajstić information content (AvgIpc) is 2.69. The number of likely N-dealkylation sites (N-methyl/N-ethyl adjacent to an activating group) is 1. The molecule has 0 unspecified atom stereocenters. The smallest absolute Gasteiger partial charge is 0.321 e. The summed E-state index contributed by atoms with van der Waals surface area (Å²) in [5.41, 5.74) is 2.53. The van der Waals surface area contributed by atoms with Gasteiger partial charge in [0.1, 0.15) is 6.04 Å². The molecule has 0 bridgehead atoms. The molecular formula is C21H26N4O3. The average molecular weight is 382 g/mol. The molecule has 1 fully saturated rings. The zero-order chi connectivity index (χ0) is 19.9. The van der Waals surface area contributed by atoms with Gasteiger partial charge in [0.15, 0.2) is 0 Å². The van der Waals surface area contributed by atoms with Crippen LogP contribution in [0.4, 0.5) is 17.1 Å². The van der Waals surface area contributed by atoms with Gasteiger partial charge >= 0.3 is 5.97 Å². The van der Waals surface area contributed by atoms with Crippen LogP contribution >= 0.6 is 0 Å². The normalized spacial score (nSPS) is 16.3. The van der Waals surface area contributed by atoms with E-state index < -0.39 is 12.0 Å². The first-order valence-corrected chi connectivity index (χ1v) is 9.38. The van der Waals surface area contributed by atoms with Crippen molar-refractivity contribution in [3.63, 3.8) is 0 Å². The molecule has 7 nitrogen and oxygen atoms in total. The summed E-state index contributed by atoms with van der Waals surface area (Å²) >= 11 is 0. The number of nitrogens with one attached hydrogen (secondary N) is 2. The van der Waals surface area contributed by atoms with Crippen LogP contribution in [-0.2, 0) is 9.59 Å². The number of hydrogen-bond donors (Lipinski definition) is 3. The van der Waals surface area contributed by atoms with Crippen LogP contribution in [0.3, 0.4) is 0 Å². The van der Waals surface area contributed by atoms with E-state index in [1.165, 1.54) is 0 Å². The summed E-state index contributed by atoms with van der Waals surface area (Å²) in [5.74, 6) is -1.25. The van der Waals surface area contributed by atoms with E-state index in [4.69, 9.17) is 0 Å². The predicted octanol–water partition coefficient (Wildman–Crippen LogP) is 2.46. The third-order valence-corrected chi connectivity index (χ3v) is 4.87. The Kier molecular flexibility index (Phi) is 6.62. The van der Waals surface area contributed by atoms with Gasteiger partial charge in [-0.25, -0.2) is 0 Å². The van der Waals surface area contributed by atoms with Gasteiger partial charge in [-0.1, -0.05) is 18.2 Å². The number of aliphatic carboxylic acids is 1. The lowest BCUT2D eigenvalue weighted by Gasteiger charge is -2.35. The molecule has 7 heteroatoms. The molecule has 0 saturated carbocycles. The van der Waals surface area contributed by atoms with Crippen molar-refractivity contribution in [3.05, 3.63) is 54.6 Å². The molecule has 0 radical (unpaired) electrons. The minimum absolute atomic E-state index is 0.0664. The van der Waals surface area contributed by atoms with Crippen LogP contribution in [0, 0.1) is 0 Å². The minimum atomic E-state index is -0.956. The highest BCUT2D eigenvalue weighted by Gasteiger charge is 2.30. The lowest BCUT2D eigenvalue weighted by molar-refractivity contribution is -0.145. The molecule has 2 aromatic rings. The molecule has 3 rings (SSSR count). The number of carboxylic acids is 1. The molecule has 1 amide bonds. The Morgan fingerprint density at radius 3 is 2.11 bits per heavy atom. The second-order valence-corrected chi connectivity index (χ2v) is 7.01. The number of rotatable bonds is 7. The van der Waals surface area contributed by atoms with Crippen LogP contribution in [0.15, 0.2) is 54.6 Å². The van der Waals surface area contributed by atoms with Crippen molar-refractivity contribution in [1.82, 2.24) is 9.80 Å². The second-order valence-electron chi connectivity index (χ2n) is 7.01. The van der Waals surface area contributed by atoms with Crippen molar-refractivity contribution >= 4 is 28.9 Å². The highest BCUT2D eigenvalue weighted by molar-refractivity contribution is 5.94. The molecule has 1 aliphatic rings. The summed E-state index contributed by atoms with van der Waals surface area (Å²) in [6.45, 7) is 2.92. The van der Waals surface area contributed by atoms with E-state index in [0.717, 1.165) is 24.5 Å². The number of piperazine rings is 1. The Morgan fingerprint density at radius 2 is 1.50 bits per heavy atom. The number of carbonyl (C=O) groups is 2. The molecule has 1 aliphatic heterocycles. The highest BCUT2D eigenvalue weighted by Crippen LogP contribution is 2.19. The van der Waals surface area contributed by atoms with Crippen molar-refractivity contribution in [1.29, 1.82) is 0 Å². The Bertz CT molecular complexity index is 787. The Hall–Kier alpha value is -2.90. The largest absolute Gasteiger partial charge is 0.480 e. The molecule has 1 atom stereocenters. The van der Waals surface area contributed by atoms with E-state index in [9.17, 15) is 14.7 Å². The summed E-state index contributed by atoms with van der Waals surface area (Å²) in [4.78, 5) is 28.0. The lowest BCUT2D eigenvalue weighted by atomic mass is 10.1. The van der Waals surface area contributed by atoms with Crippen LogP contribution in [0.1, 0.15) is 6.42 Å². The Morgan fingerprint density at radius 1 is 0.929 bits per heavy atom. The zero-order valence-corrected chi connectivity index (χ0v) is 16.0. The minimum Gasteiger partial charge on any atom is -0.480 e. The third kappa shape index (κ3) is 5.55. The standard InChI is InChI=1S/C21H26N4O3/c1-24-11-13-25(14-12-24)19(21(27)28)15-20(26)23-18-9-7-17(8-10-18)22-16-5-3-2-4-6-16/h2-10,19,22H,11-15H2,1H3,(H,23,26)(H,27,28)/t19-/m0/s1. The topological polar surface area (TPSA) is 84.9 Å². The van der Waals surface area contributed by atoms with Gasteiger partial charge in [0.25, 0.3) is 0 Å². The van der Waals surface area contributed by atoms with Crippen LogP contribution in [-0.4, -0.2) is 66.1 Å². The van der Waals surface area contributed by atoms with Crippen LogP contribution in [0.2, 0.25) is 0 Å². The summed E-state index contributed by atoms with van der Waals surface area (Å²) < 4.78 is 0. The maximum atomic E-state index is 12.4. The van der Waals surface area contributed by atoms with Crippen molar-refractivity contribution in [3.8, 4) is 0 Å². The zero-order valence-electron chi connectivity index (χ0n) is 16.0. The number of nitrogens with zero attached hydrogens (tertiary/aromatic N) is 2. The van der Waals surface area contributed by atoms with Gasteiger partial charge in [-0.2, -0.15) is 0 Å². The van der Waals surface area contributed by atoms with Crippen molar-refractivity contribution in [2.75, 3.05) is 43.9 Å². The SMILES string of the molecule is CN1CCN([C@@H](CC(=O)Nc2ccc(Nc3ccccc3)cc2)C(=O)O)CC1. The Balaban J connectivity index is 1.55. The fourth-order valence-electron chi connectivity index (χ4n) is 3.22. The number of para-hydroxylation sites is 1. The molecular weight excluding hydrogens is 356 g/mol. The van der Waals surface area contributed by atoms with Crippen molar-refractivity contribution in [2.24, 2.45) is 0 Å². The van der Waals surface area contributed by atoms with E-state index >= 15 is 0 Å². The molecule has 0 aromatic heterocycles. The van der Waals surface area contributed by atoms with E-state index in [2.05, 4.69) is 15.5 Å². The van der Waals surface area contributed by atoms with Crippen LogP contribution in [0.25, 0.3) is 0 Å². The lowest BCUT2D eigenvalue weighted by Crippen LogP contribution is -2.52. The van der Waals surface area contributed by atoms with Gasteiger partial charge in [0, 0.05) is 43.2 Å². The first-order chi connectivity index (χ1) is 13.5. The summed E-state index contributed by atoms with van der Waals surface area (Å²) in [6.07, 6.45) is -0.0664. The molecule has 1 heterocycles. The van der Waals surface area contributed by atoms with E-state index in [0.29, 0.717) is 18.8 Å². The van der Waals surface area contributed by atoms with Crippen LogP contribution in [0.5, 0.6) is 0 Å². The van der Waals surface area contributed by atoms with Gasteiger partial charge in [0.05, 0.1) is 6.42 Å². The number of amides is 1. The van der Waals surface area contributed by atoms with E-state index in [1.54, 1.807) is 12.1 Å². The summed E-state index contributed by atoms with van der Waals surface area (Å²) in [7, 11) is 2.01. The number of anilines is 3. The second kappa shape index (κ2) is 9.34. The monoisotopic (exact) mass is 382 g/mol. The maximum absolute atomic E-state index is 12.4. The van der Waals surface area contributed by atoms with Gasteiger partial charge in [-0.3, -0.25) is 14.5 Å². The van der Waals surface area contributed by atoms with Gasteiger partial charge in [-0.15, -0.1) is 0 Å². The molecule has 148 valence electrons. The highest BCUT2D eigenvalue weighted by atomic mass is 16.4. The maximum Gasteiger partial charge on any atom is 0.321 e. The fraction of sp³-hybridized carbons (Fsp3) is 0.333. The molecule has 2 aromatic carbocycles. The molecule has 1 saturated heterocycles. The number of benzene rings is 2. The fourth-order valence-corrected chi connectivity index (χ4v) is 3.22. The first kappa shape index (κ1) is 19.9. The van der Waals surface area contributed by atoms with Crippen molar-refractivity contribution < 1.29 is 14.7 Å². The van der Waals surface area contributed by atoms with Gasteiger partial charge < -0.3 is 20.6 Å². The van der Waals surface area contributed by atoms with Crippen molar-refractivity contribution in [2.45, 2.75) is 12.5 Å². The van der Waals surface area contributed by atoms with E-state index in [1.807, 2.05) is 54.4 Å². The number of carboxylic acid groups (broad SMARTS) is 1. The van der Waals surface area contributed by atoms with Gasteiger partial charge in [0.2, 0.25) is 5.91 Å². The quantitative estimate of drug-likeness (QED) is 0.682. The number of hydrogen-bond acceptors (Lipinski definition) is 5.